The van der Waals surface area contributed by atoms with Crippen LogP contribution in [0.4, 0.5) is 0 Å². The minimum atomic E-state index is -0.649. The summed E-state index contributed by atoms with van der Waals surface area (Å²) >= 11 is 0. The lowest BCUT2D eigenvalue weighted by Crippen LogP contribution is -2.26. The summed E-state index contributed by atoms with van der Waals surface area (Å²) < 4.78 is 5.25. The Morgan fingerprint density at radius 1 is 1.50 bits per heavy atom. The number of ether oxygens (including phenoxy) is 1. The lowest BCUT2D eigenvalue weighted by Gasteiger charge is -2.10. The summed E-state index contributed by atoms with van der Waals surface area (Å²) in [6.45, 7) is 2.12. The summed E-state index contributed by atoms with van der Waals surface area (Å²) in [5, 5.41) is 18.4. The van der Waals surface area contributed by atoms with Gasteiger partial charge in [0.15, 0.2) is 0 Å². The minimum Gasteiger partial charge on any atom is -0.508 e. The molecule has 14 heavy (non-hydrogen) atoms. The second kappa shape index (κ2) is 4.83. The number of aromatic hydroxyl groups is 1. The van der Waals surface area contributed by atoms with E-state index in [9.17, 15) is 5.11 Å². The molecule has 0 bridgehead atoms. The van der Waals surface area contributed by atoms with Crippen LogP contribution in [-0.4, -0.2) is 29.5 Å². The topological polar surface area (TPSA) is 75.7 Å². The molecule has 0 aliphatic carbocycles. The number of nitrogens with two attached hydrogens (primary N) is 1. The number of aryl methyl sites for hydroxylation is 1. The van der Waals surface area contributed by atoms with E-state index in [0.717, 1.165) is 5.56 Å². The molecule has 0 amide bonds. The normalized spacial score (nSPS) is 12.5. The average Bonchev–Trinajstić information content (AvgIpc) is 2.19. The number of hydrogen-bond acceptors (Lipinski definition) is 4. The molecule has 0 radical (unpaired) electrons. The average molecular weight is 197 g/mol. The number of aliphatic hydroxyl groups is 1. The Labute approximate surface area is 82.9 Å². The molecule has 0 spiro atoms. The third-order valence-corrected chi connectivity index (χ3v) is 1.88. The van der Waals surface area contributed by atoms with E-state index in [0.29, 0.717) is 5.75 Å². The maximum absolute atomic E-state index is 9.24. The molecule has 0 heterocycles. The van der Waals surface area contributed by atoms with Crippen molar-refractivity contribution < 1.29 is 14.9 Å². The van der Waals surface area contributed by atoms with Gasteiger partial charge in [-0.3, -0.25) is 0 Å². The smallest absolute Gasteiger partial charge is 0.119 e. The molecule has 0 saturated heterocycles. The zero-order chi connectivity index (χ0) is 10.6. The largest absolute Gasteiger partial charge is 0.508 e. The van der Waals surface area contributed by atoms with Gasteiger partial charge in [0.1, 0.15) is 24.2 Å². The third kappa shape index (κ3) is 2.90. The summed E-state index contributed by atoms with van der Waals surface area (Å²) in [7, 11) is 0. The van der Waals surface area contributed by atoms with Crippen molar-refractivity contribution in [3.8, 4) is 11.5 Å². The van der Waals surface area contributed by atoms with E-state index in [1.54, 1.807) is 25.1 Å². The van der Waals surface area contributed by atoms with Crippen LogP contribution in [0, 0.1) is 6.92 Å². The van der Waals surface area contributed by atoms with Crippen LogP contribution in [0.5, 0.6) is 11.5 Å². The van der Waals surface area contributed by atoms with Gasteiger partial charge in [0.05, 0.1) is 0 Å². The van der Waals surface area contributed by atoms with Crippen LogP contribution >= 0.6 is 0 Å². The molecule has 4 heteroatoms. The monoisotopic (exact) mass is 197 g/mol. The molecule has 0 saturated carbocycles. The fraction of sp³-hybridized carbons (Fsp3) is 0.400. The molecule has 1 aromatic rings. The summed E-state index contributed by atoms with van der Waals surface area (Å²) in [5.74, 6) is 0.851. The molecular weight excluding hydrogens is 182 g/mol. The zero-order valence-corrected chi connectivity index (χ0v) is 8.10. The molecule has 1 atom stereocenters. The molecular formula is C10H15NO3. The van der Waals surface area contributed by atoms with Gasteiger partial charge < -0.3 is 20.7 Å². The number of benzene rings is 1. The third-order valence-electron chi connectivity index (χ3n) is 1.88. The second-order valence-electron chi connectivity index (χ2n) is 3.15. The molecule has 4 nitrogen and oxygen atoms in total. The second-order valence-corrected chi connectivity index (χ2v) is 3.15. The van der Waals surface area contributed by atoms with Gasteiger partial charge in [0.2, 0.25) is 0 Å². The van der Waals surface area contributed by atoms with Crippen molar-refractivity contribution in [2.75, 3.05) is 13.2 Å². The number of aliphatic hydroxyl groups excluding tert-OH is 1. The van der Waals surface area contributed by atoms with Crippen molar-refractivity contribution in [1.82, 2.24) is 0 Å². The van der Waals surface area contributed by atoms with Gasteiger partial charge in [-0.2, -0.15) is 0 Å². The Morgan fingerprint density at radius 3 is 2.79 bits per heavy atom. The standard InChI is InChI=1S/C10H15NO3/c1-7-4-9(2-3-10(7)13)14-6-8(12)5-11/h2-4,8,12-13H,5-6,11H2,1H3. The Balaban J connectivity index is 2.55. The van der Waals surface area contributed by atoms with Crippen LogP contribution in [-0.2, 0) is 0 Å². The first-order valence-electron chi connectivity index (χ1n) is 4.44. The van der Waals surface area contributed by atoms with E-state index >= 15 is 0 Å². The van der Waals surface area contributed by atoms with Gasteiger partial charge in [0.25, 0.3) is 0 Å². The van der Waals surface area contributed by atoms with E-state index in [1.807, 2.05) is 0 Å². The summed E-state index contributed by atoms with van der Waals surface area (Å²) in [6, 6.07) is 4.91. The van der Waals surface area contributed by atoms with Crippen molar-refractivity contribution >= 4 is 0 Å². The highest BCUT2D eigenvalue weighted by atomic mass is 16.5. The predicted octanol–water partition coefficient (Wildman–Crippen LogP) is 0.399. The number of hydrogen-bond donors (Lipinski definition) is 3. The number of phenols is 1. The highest BCUT2D eigenvalue weighted by Gasteiger charge is 2.03. The first-order valence-corrected chi connectivity index (χ1v) is 4.44. The highest BCUT2D eigenvalue weighted by Crippen LogP contribution is 2.21. The fourth-order valence-electron chi connectivity index (χ4n) is 0.978. The predicted molar refractivity (Wildman–Crippen MR) is 53.4 cm³/mol. The van der Waals surface area contributed by atoms with Crippen LogP contribution in [0.2, 0.25) is 0 Å². The van der Waals surface area contributed by atoms with Gasteiger partial charge >= 0.3 is 0 Å². The number of rotatable bonds is 4. The molecule has 1 aromatic carbocycles. The van der Waals surface area contributed by atoms with E-state index in [1.165, 1.54) is 0 Å². The maximum atomic E-state index is 9.24. The minimum absolute atomic E-state index is 0.167. The van der Waals surface area contributed by atoms with Crippen molar-refractivity contribution in [1.29, 1.82) is 0 Å². The van der Waals surface area contributed by atoms with Crippen molar-refractivity contribution in [3.63, 3.8) is 0 Å². The van der Waals surface area contributed by atoms with Crippen LogP contribution in [0.3, 0.4) is 0 Å². The maximum Gasteiger partial charge on any atom is 0.119 e. The SMILES string of the molecule is Cc1cc(OCC(O)CN)ccc1O. The lowest BCUT2D eigenvalue weighted by atomic mass is 10.2. The summed E-state index contributed by atoms with van der Waals surface area (Å²) in [6.07, 6.45) is -0.649. The highest BCUT2D eigenvalue weighted by molar-refractivity contribution is 5.38. The molecule has 78 valence electrons. The molecule has 4 N–H and O–H groups in total. The lowest BCUT2D eigenvalue weighted by molar-refractivity contribution is 0.114. The van der Waals surface area contributed by atoms with Crippen LogP contribution in [0.15, 0.2) is 18.2 Å². The first kappa shape index (κ1) is 10.8. The molecule has 0 aliphatic heterocycles. The molecule has 1 unspecified atom stereocenters. The van der Waals surface area contributed by atoms with Crippen LogP contribution in [0.1, 0.15) is 5.56 Å². The zero-order valence-electron chi connectivity index (χ0n) is 8.10. The quantitative estimate of drug-likeness (QED) is 0.653. The van der Waals surface area contributed by atoms with E-state index < -0.39 is 6.10 Å². The van der Waals surface area contributed by atoms with Gasteiger partial charge in [-0.25, -0.2) is 0 Å². The van der Waals surface area contributed by atoms with E-state index in [-0.39, 0.29) is 18.9 Å². The Hall–Kier alpha value is -1.26. The van der Waals surface area contributed by atoms with Gasteiger partial charge in [-0.15, -0.1) is 0 Å². The number of phenolic OH excluding ortho intramolecular Hbond substituents is 1. The molecule has 0 aromatic heterocycles. The van der Waals surface area contributed by atoms with Gasteiger partial charge in [-0.05, 0) is 30.7 Å². The van der Waals surface area contributed by atoms with E-state index in [2.05, 4.69) is 0 Å². The molecule has 1 rings (SSSR count). The fourth-order valence-corrected chi connectivity index (χ4v) is 0.978. The Bertz CT molecular complexity index is 301. The first-order chi connectivity index (χ1) is 6.63. The van der Waals surface area contributed by atoms with Gasteiger partial charge in [-0.1, -0.05) is 0 Å². The van der Waals surface area contributed by atoms with Crippen LogP contribution in [0.25, 0.3) is 0 Å². The van der Waals surface area contributed by atoms with Gasteiger partial charge in [0, 0.05) is 6.54 Å². The van der Waals surface area contributed by atoms with Crippen molar-refractivity contribution in [3.05, 3.63) is 23.8 Å². The van der Waals surface area contributed by atoms with E-state index in [4.69, 9.17) is 15.6 Å². The van der Waals surface area contributed by atoms with Crippen molar-refractivity contribution in [2.24, 2.45) is 5.73 Å². The van der Waals surface area contributed by atoms with Crippen molar-refractivity contribution in [2.45, 2.75) is 13.0 Å². The molecule has 0 fully saturated rings. The Kier molecular flexibility index (Phi) is 3.73. The van der Waals surface area contributed by atoms with Crippen LogP contribution < -0.4 is 10.5 Å². The summed E-state index contributed by atoms with van der Waals surface area (Å²) in [5.41, 5.74) is 5.96. The molecule has 0 aliphatic rings. The summed E-state index contributed by atoms with van der Waals surface area (Å²) in [4.78, 5) is 0. The Morgan fingerprint density at radius 2 is 2.21 bits per heavy atom.